The largest absolute Gasteiger partial charge is 0.481 e. The number of imidazole rings is 1. The molecule has 2 saturated heterocycles. The highest BCUT2D eigenvalue weighted by Gasteiger charge is 2.53. The van der Waals surface area contributed by atoms with E-state index >= 15 is 0 Å². The Balaban J connectivity index is 1.41. The Hall–Kier alpha value is -3.87. The third-order valence-corrected chi connectivity index (χ3v) is 5.96. The van der Waals surface area contributed by atoms with Gasteiger partial charge >= 0.3 is 12.0 Å². The average Bonchev–Trinajstić information content (AvgIpc) is 3.56. The first-order valence-corrected chi connectivity index (χ1v) is 11.7. The number of carboxylic acid groups (broad SMARTS) is 1. The van der Waals surface area contributed by atoms with Crippen LogP contribution in [0.4, 0.5) is 10.6 Å². The number of hydrogen-bond acceptors (Lipinski definition) is 8. The van der Waals surface area contributed by atoms with Gasteiger partial charge in [0.1, 0.15) is 18.5 Å². The van der Waals surface area contributed by atoms with Crippen molar-refractivity contribution in [3.8, 4) is 0 Å². The second-order valence-electron chi connectivity index (χ2n) is 8.37. The molecule has 5 rings (SSSR count). The van der Waals surface area contributed by atoms with Crippen molar-refractivity contribution in [2.45, 2.75) is 50.6 Å². The number of fused-ring (bicyclic) bond motifs is 2. The molecule has 1 aromatic carbocycles. The highest BCUT2D eigenvalue weighted by Crippen LogP contribution is 2.42. The van der Waals surface area contributed by atoms with E-state index in [1.54, 1.807) is 10.9 Å². The number of carboxylic acids is 1. The molecule has 5 unspecified atom stereocenters. The van der Waals surface area contributed by atoms with Crippen molar-refractivity contribution in [1.29, 1.82) is 0 Å². The van der Waals surface area contributed by atoms with Crippen LogP contribution in [0.1, 0.15) is 31.6 Å². The van der Waals surface area contributed by atoms with Gasteiger partial charge in [0.25, 0.3) is 0 Å². The van der Waals surface area contributed by atoms with E-state index in [4.69, 9.17) is 14.2 Å². The molecule has 3 aromatic rings. The maximum atomic E-state index is 12.0. The SMILES string of the molecule is CCNC(=O)Nc1ncnc2c1ncn2C1OC(CCC(=O)O)C2OC(/C=C/c3ccccc3)OC21. The fourth-order valence-electron chi connectivity index (χ4n) is 4.37. The Morgan fingerprint density at radius 1 is 1.11 bits per heavy atom. The monoisotopic (exact) mass is 494 g/mol. The normalized spacial score (nSPS) is 25.3. The Kier molecular flexibility index (Phi) is 6.89. The van der Waals surface area contributed by atoms with Gasteiger partial charge in [0.15, 0.2) is 29.5 Å². The molecule has 4 heterocycles. The summed E-state index contributed by atoms with van der Waals surface area (Å²) in [4.78, 5) is 36.1. The number of rotatable bonds is 8. The molecule has 3 N–H and O–H groups in total. The summed E-state index contributed by atoms with van der Waals surface area (Å²) < 4.78 is 20.3. The van der Waals surface area contributed by atoms with Gasteiger partial charge in [0.05, 0.1) is 12.4 Å². The molecular formula is C24H26N6O6. The van der Waals surface area contributed by atoms with Gasteiger partial charge < -0.3 is 24.6 Å². The number of aliphatic carboxylic acids is 1. The lowest BCUT2D eigenvalue weighted by molar-refractivity contribution is -0.141. The molecule has 0 bridgehead atoms. The topological polar surface area (TPSA) is 150 Å². The van der Waals surface area contributed by atoms with Gasteiger partial charge in [-0.05, 0) is 25.0 Å². The Morgan fingerprint density at radius 3 is 2.69 bits per heavy atom. The van der Waals surface area contributed by atoms with Gasteiger partial charge in [0, 0.05) is 13.0 Å². The molecule has 12 nitrogen and oxygen atoms in total. The second-order valence-corrected chi connectivity index (χ2v) is 8.37. The zero-order valence-corrected chi connectivity index (χ0v) is 19.5. The van der Waals surface area contributed by atoms with Crippen molar-refractivity contribution in [3.05, 3.63) is 54.6 Å². The van der Waals surface area contributed by atoms with Gasteiger partial charge in [-0.15, -0.1) is 0 Å². The van der Waals surface area contributed by atoms with E-state index < -0.39 is 42.8 Å². The van der Waals surface area contributed by atoms with Crippen molar-refractivity contribution in [2.24, 2.45) is 0 Å². The Morgan fingerprint density at radius 2 is 1.92 bits per heavy atom. The Labute approximate surface area is 206 Å². The first-order valence-electron chi connectivity index (χ1n) is 11.7. The van der Waals surface area contributed by atoms with E-state index in [2.05, 4.69) is 25.6 Å². The van der Waals surface area contributed by atoms with Crippen molar-refractivity contribution in [1.82, 2.24) is 24.8 Å². The first-order chi connectivity index (χ1) is 17.5. The summed E-state index contributed by atoms with van der Waals surface area (Å²) in [5.74, 6) is -0.658. The summed E-state index contributed by atoms with van der Waals surface area (Å²) in [5.41, 5.74) is 1.82. The number of urea groups is 1. The van der Waals surface area contributed by atoms with Crippen LogP contribution in [0, 0.1) is 0 Å². The molecular weight excluding hydrogens is 468 g/mol. The lowest BCUT2D eigenvalue weighted by Gasteiger charge is -2.20. The fourth-order valence-corrected chi connectivity index (χ4v) is 4.37. The van der Waals surface area contributed by atoms with Crippen LogP contribution in [0.25, 0.3) is 17.2 Å². The molecule has 2 amide bonds. The fraction of sp³-hybridized carbons (Fsp3) is 0.375. The van der Waals surface area contributed by atoms with Crippen molar-refractivity contribution < 1.29 is 28.9 Å². The zero-order valence-electron chi connectivity index (χ0n) is 19.5. The summed E-state index contributed by atoms with van der Waals surface area (Å²) in [6, 6.07) is 9.36. The van der Waals surface area contributed by atoms with E-state index in [1.165, 1.54) is 6.33 Å². The molecule has 12 heteroatoms. The van der Waals surface area contributed by atoms with Crippen molar-refractivity contribution in [2.75, 3.05) is 11.9 Å². The summed E-state index contributed by atoms with van der Waals surface area (Å²) >= 11 is 0. The molecule has 0 aliphatic carbocycles. The average molecular weight is 495 g/mol. The Bertz CT molecular complexity index is 1260. The van der Waals surface area contributed by atoms with Crippen LogP contribution in [0.15, 0.2) is 49.1 Å². The van der Waals surface area contributed by atoms with Gasteiger partial charge in [0.2, 0.25) is 0 Å². The van der Waals surface area contributed by atoms with Crippen molar-refractivity contribution >= 4 is 35.1 Å². The third-order valence-electron chi connectivity index (χ3n) is 5.96. The third kappa shape index (κ3) is 4.91. The number of carbonyl (C=O) groups excluding carboxylic acids is 1. The predicted octanol–water partition coefficient (Wildman–Crippen LogP) is 2.55. The first kappa shape index (κ1) is 23.9. The molecule has 5 atom stereocenters. The van der Waals surface area contributed by atoms with Crippen LogP contribution in [0.3, 0.4) is 0 Å². The van der Waals surface area contributed by atoms with Crippen LogP contribution < -0.4 is 10.6 Å². The molecule has 0 spiro atoms. The smallest absolute Gasteiger partial charge is 0.320 e. The number of anilines is 1. The molecule has 0 saturated carbocycles. The van der Waals surface area contributed by atoms with Crippen molar-refractivity contribution in [3.63, 3.8) is 0 Å². The molecule has 36 heavy (non-hydrogen) atoms. The molecule has 2 aliphatic rings. The standard InChI is InChI=1S/C24H26N6O6/c1-2-25-24(33)29-21-18-22(27-12-26-21)30(13-28-18)23-20-19(15(34-23)9-10-16(31)32)35-17(36-20)11-8-14-6-4-3-5-7-14/h3-8,11-13,15,17,19-20,23H,2,9-10H2,1H3,(H,31,32)(H2,25,26,27,29,33)/b11-8+. The number of nitrogens with zero attached hydrogens (tertiary/aromatic N) is 4. The van der Waals surface area contributed by atoms with Crippen LogP contribution in [-0.4, -0.2) is 67.8 Å². The van der Waals surface area contributed by atoms with E-state index in [1.807, 2.05) is 49.4 Å². The van der Waals surface area contributed by atoms with Gasteiger partial charge in [-0.25, -0.2) is 19.7 Å². The van der Waals surface area contributed by atoms with E-state index in [0.29, 0.717) is 17.7 Å². The molecule has 2 aliphatic heterocycles. The highest BCUT2D eigenvalue weighted by molar-refractivity contribution is 5.95. The number of aromatic nitrogens is 4. The number of benzene rings is 1. The summed E-state index contributed by atoms with van der Waals surface area (Å²) in [7, 11) is 0. The van der Waals surface area contributed by atoms with Crippen LogP contribution in [-0.2, 0) is 19.0 Å². The minimum Gasteiger partial charge on any atom is -0.481 e. The van der Waals surface area contributed by atoms with Gasteiger partial charge in [-0.2, -0.15) is 0 Å². The maximum Gasteiger partial charge on any atom is 0.320 e. The number of ether oxygens (including phenoxy) is 3. The zero-order chi connectivity index (χ0) is 25.1. The minimum atomic E-state index is -0.917. The lowest BCUT2D eigenvalue weighted by atomic mass is 10.1. The molecule has 2 fully saturated rings. The van der Waals surface area contributed by atoms with E-state index in [9.17, 15) is 14.7 Å². The number of hydrogen-bond donors (Lipinski definition) is 3. The van der Waals surface area contributed by atoms with Gasteiger partial charge in [-0.3, -0.25) is 14.7 Å². The second kappa shape index (κ2) is 10.4. The van der Waals surface area contributed by atoms with Crippen LogP contribution in [0.2, 0.25) is 0 Å². The van der Waals surface area contributed by atoms with E-state index in [0.717, 1.165) is 5.56 Å². The number of carbonyl (C=O) groups is 2. The molecule has 2 aromatic heterocycles. The number of amides is 2. The van der Waals surface area contributed by atoms with Crippen LogP contribution in [0.5, 0.6) is 0 Å². The maximum absolute atomic E-state index is 12.0. The number of nitrogens with one attached hydrogen (secondary N) is 2. The van der Waals surface area contributed by atoms with E-state index in [-0.39, 0.29) is 18.7 Å². The van der Waals surface area contributed by atoms with Crippen LogP contribution >= 0.6 is 0 Å². The minimum absolute atomic E-state index is 0.0675. The quantitative estimate of drug-likeness (QED) is 0.429. The van der Waals surface area contributed by atoms with Gasteiger partial charge in [-0.1, -0.05) is 36.4 Å². The summed E-state index contributed by atoms with van der Waals surface area (Å²) in [6.07, 6.45) is 3.99. The summed E-state index contributed by atoms with van der Waals surface area (Å²) in [6.45, 7) is 2.27. The highest BCUT2D eigenvalue weighted by atomic mass is 16.8. The molecule has 188 valence electrons. The summed E-state index contributed by atoms with van der Waals surface area (Å²) in [5, 5.41) is 14.5. The predicted molar refractivity (Wildman–Crippen MR) is 128 cm³/mol. The lowest BCUT2D eigenvalue weighted by Crippen LogP contribution is -2.29. The molecule has 0 radical (unpaired) electrons.